The largest absolute Gasteiger partial charge is 0.490 e. The first-order chi connectivity index (χ1) is 8.81. The SMILES string of the molecule is COC(=O)CS(=O)(=O)c1ccc([N+](=O)[O-])c(OC)c1. The van der Waals surface area contributed by atoms with Gasteiger partial charge < -0.3 is 9.47 Å². The molecule has 0 amide bonds. The fraction of sp³-hybridized carbons (Fsp3) is 0.300. The van der Waals surface area contributed by atoms with E-state index in [2.05, 4.69) is 4.74 Å². The van der Waals surface area contributed by atoms with E-state index in [9.17, 15) is 23.3 Å². The highest BCUT2D eigenvalue weighted by Crippen LogP contribution is 2.29. The average molecular weight is 289 g/mol. The lowest BCUT2D eigenvalue weighted by molar-refractivity contribution is -0.385. The zero-order valence-corrected chi connectivity index (χ0v) is 11.0. The van der Waals surface area contributed by atoms with Crippen molar-refractivity contribution in [1.82, 2.24) is 0 Å². The van der Waals surface area contributed by atoms with Crippen LogP contribution in [0.1, 0.15) is 0 Å². The van der Waals surface area contributed by atoms with E-state index in [1.165, 1.54) is 7.11 Å². The molecule has 0 saturated carbocycles. The molecular weight excluding hydrogens is 278 g/mol. The van der Waals surface area contributed by atoms with Crippen LogP contribution in [0.4, 0.5) is 5.69 Å². The Labute approximate surface area is 109 Å². The summed E-state index contributed by atoms with van der Waals surface area (Å²) in [6.45, 7) is 0. The molecular formula is C10H11NO7S. The molecule has 0 radical (unpaired) electrons. The number of esters is 1. The van der Waals surface area contributed by atoms with E-state index >= 15 is 0 Å². The van der Waals surface area contributed by atoms with Crippen LogP contribution >= 0.6 is 0 Å². The Morgan fingerprint density at radius 1 is 1.37 bits per heavy atom. The van der Waals surface area contributed by atoms with Gasteiger partial charge in [0.1, 0.15) is 0 Å². The molecule has 0 unspecified atom stereocenters. The molecule has 1 aromatic rings. The number of sulfone groups is 1. The maximum Gasteiger partial charge on any atom is 0.321 e. The minimum absolute atomic E-state index is 0.198. The summed E-state index contributed by atoms with van der Waals surface area (Å²) in [6.07, 6.45) is 0. The van der Waals surface area contributed by atoms with Gasteiger partial charge in [0, 0.05) is 12.1 Å². The second-order valence-corrected chi connectivity index (χ2v) is 5.42. The molecule has 0 N–H and O–H groups in total. The van der Waals surface area contributed by atoms with Crippen LogP contribution < -0.4 is 4.74 Å². The molecule has 0 spiro atoms. The second-order valence-electron chi connectivity index (χ2n) is 3.43. The number of carbonyl (C=O) groups excluding carboxylic acids is 1. The highest BCUT2D eigenvalue weighted by atomic mass is 32.2. The van der Waals surface area contributed by atoms with E-state index in [4.69, 9.17) is 4.74 Å². The number of nitro benzene ring substituents is 1. The number of benzene rings is 1. The van der Waals surface area contributed by atoms with Crippen LogP contribution in [0, 0.1) is 10.1 Å². The van der Waals surface area contributed by atoms with Gasteiger partial charge in [-0.1, -0.05) is 0 Å². The molecule has 1 aromatic carbocycles. The van der Waals surface area contributed by atoms with Crippen LogP contribution in [0.5, 0.6) is 5.75 Å². The third kappa shape index (κ3) is 3.41. The van der Waals surface area contributed by atoms with E-state index < -0.39 is 26.5 Å². The highest BCUT2D eigenvalue weighted by molar-refractivity contribution is 7.92. The Kier molecular flexibility index (Phi) is 4.43. The molecule has 104 valence electrons. The average Bonchev–Trinajstić information content (AvgIpc) is 2.37. The summed E-state index contributed by atoms with van der Waals surface area (Å²) >= 11 is 0. The Morgan fingerprint density at radius 3 is 2.47 bits per heavy atom. The third-order valence-electron chi connectivity index (χ3n) is 2.24. The molecule has 0 heterocycles. The molecule has 0 saturated heterocycles. The van der Waals surface area contributed by atoms with Crippen molar-refractivity contribution in [3.05, 3.63) is 28.3 Å². The monoisotopic (exact) mass is 289 g/mol. The number of methoxy groups -OCH3 is 2. The maximum atomic E-state index is 11.8. The van der Waals surface area contributed by atoms with Crippen LogP contribution in [0.25, 0.3) is 0 Å². The molecule has 0 aliphatic rings. The van der Waals surface area contributed by atoms with Crippen molar-refractivity contribution in [2.75, 3.05) is 20.0 Å². The Hall–Kier alpha value is -2.16. The Balaban J connectivity index is 3.22. The van der Waals surface area contributed by atoms with Gasteiger partial charge in [0.25, 0.3) is 0 Å². The summed E-state index contributed by atoms with van der Waals surface area (Å²) in [7, 11) is -1.68. The first-order valence-corrected chi connectivity index (χ1v) is 6.59. The molecule has 0 fully saturated rings. The number of rotatable bonds is 5. The molecule has 8 nitrogen and oxygen atoms in total. The van der Waals surface area contributed by atoms with Gasteiger partial charge in [0.15, 0.2) is 21.3 Å². The van der Waals surface area contributed by atoms with Crippen molar-refractivity contribution in [2.45, 2.75) is 4.90 Å². The molecule has 0 aliphatic carbocycles. The summed E-state index contributed by atoms with van der Waals surface area (Å²) in [6, 6.07) is 3.04. The summed E-state index contributed by atoms with van der Waals surface area (Å²) in [4.78, 5) is 20.7. The van der Waals surface area contributed by atoms with Crippen LogP contribution in [-0.2, 0) is 19.4 Å². The number of hydrogen-bond acceptors (Lipinski definition) is 7. The normalized spacial score (nSPS) is 10.8. The number of ether oxygens (including phenoxy) is 2. The van der Waals surface area contributed by atoms with Gasteiger partial charge in [-0.2, -0.15) is 0 Å². The van der Waals surface area contributed by atoms with Gasteiger partial charge in [-0.05, 0) is 6.07 Å². The van der Waals surface area contributed by atoms with Crippen molar-refractivity contribution in [3.8, 4) is 5.75 Å². The van der Waals surface area contributed by atoms with E-state index in [0.29, 0.717) is 0 Å². The van der Waals surface area contributed by atoms with Gasteiger partial charge in [-0.15, -0.1) is 0 Å². The van der Waals surface area contributed by atoms with Gasteiger partial charge in [-0.3, -0.25) is 14.9 Å². The van der Waals surface area contributed by atoms with Crippen molar-refractivity contribution in [1.29, 1.82) is 0 Å². The van der Waals surface area contributed by atoms with Crippen LogP contribution in [0.3, 0.4) is 0 Å². The summed E-state index contributed by atoms with van der Waals surface area (Å²) < 4.78 is 32.7. The minimum atomic E-state index is -3.92. The predicted molar refractivity (Wildman–Crippen MR) is 63.7 cm³/mol. The summed E-state index contributed by atoms with van der Waals surface area (Å²) in [5.74, 6) is -1.96. The topological polar surface area (TPSA) is 113 Å². The van der Waals surface area contributed by atoms with E-state index in [0.717, 1.165) is 25.3 Å². The molecule has 0 atom stereocenters. The van der Waals surface area contributed by atoms with Gasteiger partial charge in [0.05, 0.1) is 24.0 Å². The molecule has 0 aromatic heterocycles. The van der Waals surface area contributed by atoms with Crippen molar-refractivity contribution in [3.63, 3.8) is 0 Å². The number of hydrogen-bond donors (Lipinski definition) is 0. The van der Waals surface area contributed by atoms with E-state index in [1.807, 2.05) is 0 Å². The number of carbonyl (C=O) groups is 1. The van der Waals surface area contributed by atoms with Gasteiger partial charge >= 0.3 is 11.7 Å². The smallest absolute Gasteiger partial charge is 0.321 e. The molecule has 0 aliphatic heterocycles. The zero-order valence-electron chi connectivity index (χ0n) is 10.2. The van der Waals surface area contributed by atoms with Gasteiger partial charge in [-0.25, -0.2) is 8.42 Å². The summed E-state index contributed by atoms with van der Waals surface area (Å²) in [5, 5.41) is 10.7. The molecule has 1 rings (SSSR count). The van der Waals surface area contributed by atoms with E-state index in [-0.39, 0.29) is 16.3 Å². The molecule has 9 heteroatoms. The quantitative estimate of drug-likeness (QED) is 0.442. The fourth-order valence-electron chi connectivity index (χ4n) is 1.30. The zero-order chi connectivity index (χ0) is 14.6. The van der Waals surface area contributed by atoms with Crippen LogP contribution in [0.15, 0.2) is 23.1 Å². The predicted octanol–water partition coefficient (Wildman–Crippen LogP) is 0.550. The number of nitrogens with zero attached hydrogens (tertiary/aromatic N) is 1. The first kappa shape index (κ1) is 14.9. The highest BCUT2D eigenvalue weighted by Gasteiger charge is 2.23. The molecule has 0 bridgehead atoms. The molecule has 19 heavy (non-hydrogen) atoms. The standard InChI is InChI=1S/C10H11NO7S/c1-17-9-5-7(3-4-8(9)11(13)14)19(15,16)6-10(12)18-2/h3-5H,6H2,1-2H3. The minimum Gasteiger partial charge on any atom is -0.490 e. The van der Waals surface area contributed by atoms with Crippen LogP contribution in [0.2, 0.25) is 0 Å². The lowest BCUT2D eigenvalue weighted by atomic mass is 10.3. The Morgan fingerprint density at radius 2 is 2.00 bits per heavy atom. The van der Waals surface area contributed by atoms with Crippen LogP contribution in [-0.4, -0.2) is 39.3 Å². The fourth-order valence-corrected chi connectivity index (χ4v) is 2.46. The van der Waals surface area contributed by atoms with Crippen molar-refractivity contribution >= 4 is 21.5 Å². The lowest BCUT2D eigenvalue weighted by Crippen LogP contribution is -2.17. The number of nitro groups is 1. The lowest BCUT2D eigenvalue weighted by Gasteiger charge is -2.06. The van der Waals surface area contributed by atoms with Crippen molar-refractivity contribution in [2.24, 2.45) is 0 Å². The third-order valence-corrected chi connectivity index (χ3v) is 3.83. The first-order valence-electron chi connectivity index (χ1n) is 4.94. The summed E-state index contributed by atoms with van der Waals surface area (Å²) in [5.41, 5.74) is -0.362. The second kappa shape index (κ2) is 5.65. The van der Waals surface area contributed by atoms with E-state index in [1.54, 1.807) is 0 Å². The van der Waals surface area contributed by atoms with Gasteiger partial charge in [0.2, 0.25) is 0 Å². The van der Waals surface area contributed by atoms with Crippen molar-refractivity contribution < 1.29 is 27.6 Å². The Bertz CT molecular complexity index is 608. The maximum absolute atomic E-state index is 11.8.